The smallest absolute Gasteiger partial charge is 0.330 e. The number of carbonyl (C=O) groups excluding carboxylic acids is 2. The maximum atomic E-state index is 12.9. The molecule has 1 heterocycles. The molecule has 1 saturated heterocycles. The number of hydrogen-bond acceptors (Lipinski definition) is 5. The first-order valence-electron chi connectivity index (χ1n) is 8.43. The summed E-state index contributed by atoms with van der Waals surface area (Å²) < 4.78 is 33.0. The van der Waals surface area contributed by atoms with E-state index in [1.54, 1.807) is 24.3 Å². The zero-order valence-electron chi connectivity index (χ0n) is 14.7. The molecule has 1 fully saturated rings. The van der Waals surface area contributed by atoms with Gasteiger partial charge in [-0.25, -0.2) is 9.10 Å². The third-order valence-electron chi connectivity index (χ3n) is 4.38. The molecular formula is C19H20N2O5S. The van der Waals surface area contributed by atoms with Crippen LogP contribution in [0.4, 0.5) is 0 Å². The second kappa shape index (κ2) is 7.89. The summed E-state index contributed by atoms with van der Waals surface area (Å²) in [6.45, 7) is 0. The van der Waals surface area contributed by atoms with Crippen molar-refractivity contribution >= 4 is 22.1 Å². The van der Waals surface area contributed by atoms with Gasteiger partial charge >= 0.3 is 16.2 Å². The second-order valence-electron chi connectivity index (χ2n) is 6.23. The highest BCUT2D eigenvalue weighted by molar-refractivity contribution is 7.88. The maximum absolute atomic E-state index is 12.9. The first-order valence-corrected chi connectivity index (χ1v) is 9.87. The van der Waals surface area contributed by atoms with E-state index in [0.717, 1.165) is 11.1 Å². The van der Waals surface area contributed by atoms with Gasteiger partial charge in [-0.15, -0.1) is 0 Å². The first-order chi connectivity index (χ1) is 12.9. The predicted octanol–water partition coefficient (Wildman–Crippen LogP) is 1.06. The molecule has 27 heavy (non-hydrogen) atoms. The lowest BCUT2D eigenvalue weighted by Gasteiger charge is -2.23. The van der Waals surface area contributed by atoms with Gasteiger partial charge < -0.3 is 4.74 Å². The molecule has 1 N–H and O–H groups in total. The van der Waals surface area contributed by atoms with Crippen molar-refractivity contribution < 1.29 is 22.7 Å². The largest absolute Gasteiger partial charge is 0.467 e. The number of hydrogen-bond donors (Lipinski definition) is 1. The van der Waals surface area contributed by atoms with Gasteiger partial charge in [-0.1, -0.05) is 60.7 Å². The van der Waals surface area contributed by atoms with Gasteiger partial charge in [0, 0.05) is 6.42 Å². The van der Waals surface area contributed by atoms with E-state index in [2.05, 4.69) is 4.72 Å². The summed E-state index contributed by atoms with van der Waals surface area (Å²) >= 11 is 0. The van der Waals surface area contributed by atoms with E-state index in [1.165, 1.54) is 7.11 Å². The van der Waals surface area contributed by atoms with Crippen molar-refractivity contribution in [2.45, 2.75) is 24.9 Å². The number of amides is 1. The third-order valence-corrected chi connectivity index (χ3v) is 5.91. The zero-order valence-corrected chi connectivity index (χ0v) is 15.6. The molecule has 1 unspecified atom stereocenters. The van der Waals surface area contributed by atoms with Crippen LogP contribution in [0.1, 0.15) is 11.1 Å². The molecule has 3 rings (SSSR count). The molecule has 0 bridgehead atoms. The SMILES string of the molecule is COC(=O)C(Cc1ccccc1)N1C(=O)[C@H](Cc2ccccc2)NS1(=O)=O. The van der Waals surface area contributed by atoms with Crippen molar-refractivity contribution in [2.75, 3.05) is 7.11 Å². The van der Waals surface area contributed by atoms with E-state index in [-0.39, 0.29) is 12.8 Å². The van der Waals surface area contributed by atoms with Crippen LogP contribution in [0.5, 0.6) is 0 Å². The third kappa shape index (κ3) is 4.17. The Kier molecular flexibility index (Phi) is 5.57. The van der Waals surface area contributed by atoms with Gasteiger partial charge in [-0.3, -0.25) is 4.79 Å². The lowest BCUT2D eigenvalue weighted by Crippen LogP contribution is -2.47. The number of carbonyl (C=O) groups is 2. The van der Waals surface area contributed by atoms with Crippen LogP contribution >= 0.6 is 0 Å². The number of ether oxygens (including phenoxy) is 1. The lowest BCUT2D eigenvalue weighted by atomic mass is 10.0. The average molecular weight is 388 g/mol. The zero-order chi connectivity index (χ0) is 19.4. The summed E-state index contributed by atoms with van der Waals surface area (Å²) in [6.07, 6.45) is 0.243. The van der Waals surface area contributed by atoms with Crippen molar-refractivity contribution in [3.8, 4) is 0 Å². The van der Waals surface area contributed by atoms with Crippen LogP contribution in [0.25, 0.3) is 0 Å². The van der Waals surface area contributed by atoms with Gasteiger partial charge in [0.05, 0.1) is 7.11 Å². The number of methoxy groups -OCH3 is 1. The van der Waals surface area contributed by atoms with E-state index in [4.69, 9.17) is 4.74 Å². The molecule has 2 atom stereocenters. The highest BCUT2D eigenvalue weighted by atomic mass is 32.2. The molecule has 7 nitrogen and oxygen atoms in total. The molecule has 0 saturated carbocycles. The summed E-state index contributed by atoms with van der Waals surface area (Å²) in [5.41, 5.74) is 1.54. The first kappa shape index (κ1) is 19.1. The topological polar surface area (TPSA) is 92.8 Å². The average Bonchev–Trinajstić information content (AvgIpc) is 2.89. The van der Waals surface area contributed by atoms with Crippen molar-refractivity contribution in [1.29, 1.82) is 0 Å². The molecule has 2 aromatic carbocycles. The maximum Gasteiger partial charge on any atom is 0.330 e. The van der Waals surface area contributed by atoms with Crippen LogP contribution in [0.2, 0.25) is 0 Å². The molecule has 8 heteroatoms. The highest BCUT2D eigenvalue weighted by Crippen LogP contribution is 2.22. The Balaban J connectivity index is 1.88. The number of esters is 1. The standard InChI is InChI=1S/C19H20N2O5S/c1-26-19(23)17(13-15-10-6-3-7-11-15)21-18(22)16(20-27(21,24)25)12-14-8-4-2-5-9-14/h2-11,16-17,20H,12-13H2,1H3/t16-,17?/m0/s1. The van der Waals surface area contributed by atoms with E-state index >= 15 is 0 Å². The van der Waals surface area contributed by atoms with Gasteiger partial charge in [0.2, 0.25) is 0 Å². The lowest BCUT2D eigenvalue weighted by molar-refractivity contribution is -0.148. The molecule has 0 aromatic heterocycles. The molecule has 0 radical (unpaired) electrons. The van der Waals surface area contributed by atoms with Crippen molar-refractivity contribution in [3.05, 3.63) is 71.8 Å². The van der Waals surface area contributed by atoms with Gasteiger partial charge in [0.1, 0.15) is 6.04 Å². The fourth-order valence-corrected chi connectivity index (χ4v) is 4.61. The number of rotatable bonds is 6. The quantitative estimate of drug-likeness (QED) is 0.747. The molecule has 1 aliphatic heterocycles. The monoisotopic (exact) mass is 388 g/mol. The Morgan fingerprint density at radius 2 is 1.63 bits per heavy atom. The Hall–Kier alpha value is -2.71. The van der Waals surface area contributed by atoms with Crippen LogP contribution in [-0.2, 0) is 37.4 Å². The number of nitrogens with zero attached hydrogens (tertiary/aromatic N) is 1. The Labute approximate surface area is 158 Å². The summed E-state index contributed by atoms with van der Waals surface area (Å²) in [5, 5.41) is 0. The molecular weight excluding hydrogens is 368 g/mol. The number of benzene rings is 2. The van der Waals surface area contributed by atoms with Crippen molar-refractivity contribution in [1.82, 2.24) is 9.03 Å². The van der Waals surface area contributed by atoms with E-state index in [1.807, 2.05) is 36.4 Å². The van der Waals surface area contributed by atoms with Crippen LogP contribution in [-0.4, -0.2) is 43.8 Å². The second-order valence-corrected chi connectivity index (χ2v) is 7.81. The predicted molar refractivity (Wildman–Crippen MR) is 98.8 cm³/mol. The fourth-order valence-electron chi connectivity index (χ4n) is 3.09. The minimum Gasteiger partial charge on any atom is -0.467 e. The highest BCUT2D eigenvalue weighted by Gasteiger charge is 2.49. The van der Waals surface area contributed by atoms with Crippen LogP contribution in [0.15, 0.2) is 60.7 Å². The Bertz CT molecular complexity index is 916. The van der Waals surface area contributed by atoms with Crippen molar-refractivity contribution in [3.63, 3.8) is 0 Å². The van der Waals surface area contributed by atoms with Gasteiger partial charge in [0.25, 0.3) is 5.91 Å². The summed E-state index contributed by atoms with van der Waals surface area (Å²) in [7, 11) is -2.98. The van der Waals surface area contributed by atoms with E-state index in [0.29, 0.717) is 4.31 Å². The minimum absolute atomic E-state index is 0.0399. The summed E-state index contributed by atoms with van der Waals surface area (Å²) in [6, 6.07) is 15.8. The van der Waals surface area contributed by atoms with E-state index in [9.17, 15) is 18.0 Å². The minimum atomic E-state index is -4.15. The molecule has 0 spiro atoms. The van der Waals surface area contributed by atoms with Crippen LogP contribution in [0, 0.1) is 0 Å². The van der Waals surface area contributed by atoms with Gasteiger partial charge in [-0.2, -0.15) is 13.1 Å². The Morgan fingerprint density at radius 3 is 2.19 bits per heavy atom. The van der Waals surface area contributed by atoms with Crippen LogP contribution < -0.4 is 4.72 Å². The molecule has 1 amide bonds. The molecule has 0 aliphatic carbocycles. The summed E-state index contributed by atoms with van der Waals surface area (Å²) in [5.74, 6) is -1.44. The van der Waals surface area contributed by atoms with Gasteiger partial charge in [-0.05, 0) is 17.5 Å². The Morgan fingerprint density at radius 1 is 1.07 bits per heavy atom. The van der Waals surface area contributed by atoms with E-state index < -0.39 is 34.2 Å². The van der Waals surface area contributed by atoms with Crippen molar-refractivity contribution in [2.24, 2.45) is 0 Å². The van der Waals surface area contributed by atoms with Gasteiger partial charge in [0.15, 0.2) is 6.04 Å². The molecule has 1 aliphatic rings. The molecule has 2 aromatic rings. The van der Waals surface area contributed by atoms with Crippen LogP contribution in [0.3, 0.4) is 0 Å². The fraction of sp³-hybridized carbons (Fsp3) is 0.263. The molecule has 142 valence electrons. The number of nitrogens with one attached hydrogen (secondary N) is 1. The normalized spacial score (nSPS) is 19.7. The summed E-state index contributed by atoms with van der Waals surface area (Å²) in [4.78, 5) is 25.1.